The Morgan fingerprint density at radius 2 is 1.91 bits per heavy atom. The first-order valence-corrected chi connectivity index (χ1v) is 8.77. The summed E-state index contributed by atoms with van der Waals surface area (Å²) >= 11 is 0. The van der Waals surface area contributed by atoms with Gasteiger partial charge in [-0.1, -0.05) is 0 Å². The molecule has 0 saturated heterocycles. The van der Waals surface area contributed by atoms with Gasteiger partial charge in [-0.2, -0.15) is 5.10 Å². The van der Waals surface area contributed by atoms with Gasteiger partial charge in [0.15, 0.2) is 0 Å². The average Bonchev–Trinajstić information content (AvgIpc) is 2.97. The number of rotatable bonds is 2. The summed E-state index contributed by atoms with van der Waals surface area (Å²) in [6.45, 7) is 5.96. The number of anilines is 1. The fourth-order valence-corrected chi connectivity index (χ4v) is 3.79. The molecule has 0 fully saturated rings. The highest BCUT2D eigenvalue weighted by Gasteiger charge is 2.31. The quantitative estimate of drug-likeness (QED) is 0.918. The van der Waals surface area contributed by atoms with Crippen molar-refractivity contribution < 1.29 is 13.4 Å². The molecule has 1 aromatic carbocycles. The van der Waals surface area contributed by atoms with Crippen molar-refractivity contribution in [3.05, 3.63) is 46.9 Å². The zero-order valence-corrected chi connectivity index (χ0v) is 14.0. The minimum atomic E-state index is -0.973. The van der Waals surface area contributed by atoms with E-state index in [1.165, 1.54) is 24.3 Å². The normalized spacial score (nSPS) is 17.1. The molecule has 1 aliphatic heterocycles. The summed E-state index contributed by atoms with van der Waals surface area (Å²) in [5, 5.41) is 7.38. The molecule has 2 aromatic rings. The van der Waals surface area contributed by atoms with Gasteiger partial charge in [0.2, 0.25) is 0 Å². The molecule has 3 rings (SSSR count). The summed E-state index contributed by atoms with van der Waals surface area (Å²) in [5.41, 5.74) is 1.64. The van der Waals surface area contributed by atoms with Crippen LogP contribution < -0.4 is 5.32 Å². The first-order chi connectivity index (χ1) is 10.8. The summed E-state index contributed by atoms with van der Waals surface area (Å²) in [4.78, 5) is 12.4. The maximum atomic E-state index is 13.0. The van der Waals surface area contributed by atoms with E-state index < -0.39 is 16.6 Å². The van der Waals surface area contributed by atoms with Gasteiger partial charge >= 0.3 is 0 Å². The number of fused-ring (bicyclic) bond motifs is 1. The lowest BCUT2D eigenvalue weighted by Gasteiger charge is -2.23. The van der Waals surface area contributed by atoms with Crippen LogP contribution >= 0.6 is 0 Å². The molecule has 122 valence electrons. The number of nitrogens with zero attached hydrogens (tertiary/aromatic N) is 2. The van der Waals surface area contributed by atoms with Gasteiger partial charge in [0.1, 0.15) is 11.6 Å². The molecule has 2 heterocycles. The van der Waals surface area contributed by atoms with Crippen LogP contribution in [0.5, 0.6) is 0 Å². The van der Waals surface area contributed by atoms with Gasteiger partial charge in [-0.3, -0.25) is 9.00 Å². The average molecular weight is 335 g/mol. The van der Waals surface area contributed by atoms with Crippen LogP contribution in [0.15, 0.2) is 24.3 Å². The van der Waals surface area contributed by atoms with Crippen molar-refractivity contribution in [3.8, 4) is 0 Å². The first-order valence-electron chi connectivity index (χ1n) is 7.29. The van der Waals surface area contributed by atoms with E-state index >= 15 is 0 Å². The SMILES string of the molecule is CC(C)(C)n1nc2c(c1NC(=O)c1ccc(F)cc1)C[S@](=O)C2. The standard InChI is InChI=1S/C16H18FN3O2S/c1-16(2,3)20-14(12-8-23(22)9-13(12)19-20)18-15(21)10-4-6-11(17)7-5-10/h4-7H,8-9H2,1-3H3,(H,18,21)/t23-/m0/s1. The van der Waals surface area contributed by atoms with Crippen molar-refractivity contribution in [2.45, 2.75) is 37.8 Å². The lowest BCUT2D eigenvalue weighted by Crippen LogP contribution is -2.27. The number of carbonyl (C=O) groups excluding carboxylic acids is 1. The van der Waals surface area contributed by atoms with E-state index in [4.69, 9.17) is 0 Å². The topological polar surface area (TPSA) is 64.0 Å². The van der Waals surface area contributed by atoms with Gasteiger partial charge < -0.3 is 5.32 Å². The van der Waals surface area contributed by atoms with E-state index in [0.717, 1.165) is 11.3 Å². The molecule has 23 heavy (non-hydrogen) atoms. The second-order valence-corrected chi connectivity index (χ2v) is 8.00. The fourth-order valence-electron chi connectivity index (χ4n) is 2.52. The summed E-state index contributed by atoms with van der Waals surface area (Å²) < 4.78 is 26.5. The summed E-state index contributed by atoms with van der Waals surface area (Å²) in [6, 6.07) is 5.35. The molecule has 0 radical (unpaired) electrons. The molecule has 0 spiro atoms. The Morgan fingerprint density at radius 3 is 2.52 bits per heavy atom. The summed E-state index contributed by atoms with van der Waals surface area (Å²) in [7, 11) is -0.973. The van der Waals surface area contributed by atoms with Crippen molar-refractivity contribution >= 4 is 22.5 Å². The Morgan fingerprint density at radius 1 is 1.26 bits per heavy atom. The minimum Gasteiger partial charge on any atom is -0.306 e. The van der Waals surface area contributed by atoms with Crippen molar-refractivity contribution in [1.82, 2.24) is 9.78 Å². The number of hydrogen-bond donors (Lipinski definition) is 1. The second kappa shape index (κ2) is 5.56. The first kappa shape index (κ1) is 15.9. The molecule has 1 aliphatic rings. The van der Waals surface area contributed by atoms with Crippen LogP contribution in [-0.4, -0.2) is 19.9 Å². The van der Waals surface area contributed by atoms with Gasteiger partial charge in [-0.15, -0.1) is 0 Å². The highest BCUT2D eigenvalue weighted by Crippen LogP contribution is 2.33. The predicted octanol–water partition coefficient (Wildman–Crippen LogP) is 2.79. The van der Waals surface area contributed by atoms with E-state index in [2.05, 4.69) is 10.4 Å². The van der Waals surface area contributed by atoms with Crippen LogP contribution in [0, 0.1) is 5.82 Å². The van der Waals surface area contributed by atoms with E-state index in [1.807, 2.05) is 20.8 Å². The number of aromatic nitrogens is 2. The number of carbonyl (C=O) groups is 1. The van der Waals surface area contributed by atoms with Gasteiger partial charge in [0.05, 0.1) is 22.7 Å². The Balaban J connectivity index is 1.97. The number of halogens is 1. The third kappa shape index (κ3) is 3.06. The molecular formula is C16H18FN3O2S. The lowest BCUT2D eigenvalue weighted by atomic mass is 10.1. The zero-order valence-electron chi connectivity index (χ0n) is 13.2. The largest absolute Gasteiger partial charge is 0.306 e. The molecule has 0 saturated carbocycles. The monoisotopic (exact) mass is 335 g/mol. The van der Waals surface area contributed by atoms with Gasteiger partial charge in [0.25, 0.3) is 5.91 Å². The molecule has 1 amide bonds. The summed E-state index contributed by atoms with van der Waals surface area (Å²) in [6.07, 6.45) is 0. The van der Waals surface area contributed by atoms with E-state index in [9.17, 15) is 13.4 Å². The Kier molecular flexibility index (Phi) is 3.83. The maximum absolute atomic E-state index is 13.0. The van der Waals surface area contributed by atoms with Crippen LogP contribution in [0.1, 0.15) is 42.4 Å². The van der Waals surface area contributed by atoms with E-state index in [0.29, 0.717) is 22.9 Å². The number of nitrogens with one attached hydrogen (secondary N) is 1. The zero-order chi connectivity index (χ0) is 16.8. The molecule has 1 atom stereocenters. The Hall–Kier alpha value is -2.02. The van der Waals surface area contributed by atoms with Crippen molar-refractivity contribution in [2.24, 2.45) is 0 Å². The minimum absolute atomic E-state index is 0.322. The van der Waals surface area contributed by atoms with Crippen molar-refractivity contribution in [1.29, 1.82) is 0 Å². The van der Waals surface area contributed by atoms with E-state index in [1.54, 1.807) is 4.68 Å². The fraction of sp³-hybridized carbons (Fsp3) is 0.375. The van der Waals surface area contributed by atoms with Crippen LogP contribution in [-0.2, 0) is 27.8 Å². The van der Waals surface area contributed by atoms with Gasteiger partial charge in [0, 0.05) is 21.9 Å². The highest BCUT2D eigenvalue weighted by molar-refractivity contribution is 7.83. The number of benzene rings is 1. The Bertz CT molecular complexity index is 791. The second-order valence-electron chi connectivity index (χ2n) is 6.55. The molecule has 0 unspecified atom stereocenters. The van der Waals surface area contributed by atoms with Crippen LogP contribution in [0.25, 0.3) is 0 Å². The number of amides is 1. The molecular weight excluding hydrogens is 317 g/mol. The molecule has 1 aromatic heterocycles. The molecule has 1 N–H and O–H groups in total. The molecule has 0 aliphatic carbocycles. The van der Waals surface area contributed by atoms with E-state index in [-0.39, 0.29) is 11.4 Å². The van der Waals surface area contributed by atoms with Gasteiger partial charge in [-0.05, 0) is 45.0 Å². The lowest BCUT2D eigenvalue weighted by molar-refractivity contribution is 0.102. The smallest absolute Gasteiger partial charge is 0.256 e. The maximum Gasteiger partial charge on any atom is 0.256 e. The van der Waals surface area contributed by atoms with Crippen molar-refractivity contribution in [3.63, 3.8) is 0 Å². The van der Waals surface area contributed by atoms with Crippen LogP contribution in [0.3, 0.4) is 0 Å². The van der Waals surface area contributed by atoms with Crippen LogP contribution in [0.2, 0.25) is 0 Å². The molecule has 5 nitrogen and oxygen atoms in total. The highest BCUT2D eigenvalue weighted by atomic mass is 32.2. The number of hydrogen-bond acceptors (Lipinski definition) is 3. The van der Waals surface area contributed by atoms with Crippen LogP contribution in [0.4, 0.5) is 10.2 Å². The molecule has 0 bridgehead atoms. The summed E-state index contributed by atoms with van der Waals surface area (Å²) in [5.74, 6) is 0.656. The Labute approximate surface area is 136 Å². The third-order valence-electron chi connectivity index (χ3n) is 3.64. The third-order valence-corrected chi connectivity index (χ3v) is 4.85. The predicted molar refractivity (Wildman–Crippen MR) is 87.1 cm³/mol. The van der Waals surface area contributed by atoms with Crippen molar-refractivity contribution in [2.75, 3.05) is 5.32 Å². The molecule has 7 heteroatoms. The van der Waals surface area contributed by atoms with Gasteiger partial charge in [-0.25, -0.2) is 9.07 Å².